The molecule has 0 N–H and O–H groups in total. The number of aromatic nitrogens is 3. The van der Waals surface area contributed by atoms with Crippen molar-refractivity contribution in [3.63, 3.8) is 0 Å². The van der Waals surface area contributed by atoms with Gasteiger partial charge in [0.25, 0.3) is 11.6 Å². The van der Waals surface area contributed by atoms with Gasteiger partial charge in [0.15, 0.2) is 11.5 Å². The lowest BCUT2D eigenvalue weighted by Crippen LogP contribution is -2.36. The van der Waals surface area contributed by atoms with Gasteiger partial charge in [-0.25, -0.2) is 9.67 Å². The normalized spacial score (nSPS) is 12.9. The van der Waals surface area contributed by atoms with E-state index in [0.717, 1.165) is 11.1 Å². The first-order valence-corrected chi connectivity index (χ1v) is 9.18. The zero-order valence-corrected chi connectivity index (χ0v) is 16.4. The van der Waals surface area contributed by atoms with Gasteiger partial charge in [0.1, 0.15) is 18.3 Å². The Balaban J connectivity index is 1.63. The Morgan fingerprint density at radius 1 is 1.13 bits per heavy atom. The van der Waals surface area contributed by atoms with Crippen LogP contribution >= 0.6 is 0 Å². The zero-order valence-electron chi connectivity index (χ0n) is 16.4. The Hall–Kier alpha value is -3.95. The van der Waals surface area contributed by atoms with Crippen molar-refractivity contribution >= 4 is 11.6 Å². The van der Waals surface area contributed by atoms with Crippen LogP contribution in [0.4, 0.5) is 5.69 Å². The molecule has 0 aliphatic carbocycles. The summed E-state index contributed by atoms with van der Waals surface area (Å²) >= 11 is 0. The zero-order chi connectivity index (χ0) is 21.3. The van der Waals surface area contributed by atoms with Gasteiger partial charge in [0.05, 0.1) is 19.1 Å². The number of ether oxygens (including phenoxy) is 2. The van der Waals surface area contributed by atoms with Crippen LogP contribution in [0.3, 0.4) is 0 Å². The molecular weight excluding hydrogens is 390 g/mol. The number of nitro benzene ring substituents is 1. The minimum Gasteiger partial charge on any atom is -0.493 e. The molecule has 10 heteroatoms. The van der Waals surface area contributed by atoms with Gasteiger partial charge >= 0.3 is 0 Å². The molecule has 1 amide bonds. The fourth-order valence-electron chi connectivity index (χ4n) is 3.57. The summed E-state index contributed by atoms with van der Waals surface area (Å²) in [5, 5.41) is 15.5. The lowest BCUT2D eigenvalue weighted by Gasteiger charge is -2.29. The van der Waals surface area contributed by atoms with Gasteiger partial charge in [0, 0.05) is 24.7 Å². The standard InChI is InChI=1S/C20H19N5O5/c1-29-18-8-13-5-6-23(10-15(13)9-19(18)30-2)20(26)14-3-4-16(17(7-14)25(27)28)24-12-21-11-22-24/h3-4,7-9,11-12H,5-6,10H2,1-2H3. The minimum absolute atomic E-state index is 0.213. The Bertz CT molecular complexity index is 1110. The van der Waals surface area contributed by atoms with Gasteiger partial charge in [-0.1, -0.05) is 0 Å². The van der Waals surface area contributed by atoms with E-state index in [-0.39, 0.29) is 22.8 Å². The minimum atomic E-state index is -0.531. The van der Waals surface area contributed by atoms with Gasteiger partial charge in [-0.05, 0) is 41.8 Å². The maximum absolute atomic E-state index is 13.1. The van der Waals surface area contributed by atoms with Crippen LogP contribution < -0.4 is 9.47 Å². The smallest absolute Gasteiger partial charge is 0.295 e. The molecule has 2 aromatic carbocycles. The van der Waals surface area contributed by atoms with Crippen molar-refractivity contribution in [2.45, 2.75) is 13.0 Å². The number of nitrogens with zero attached hydrogens (tertiary/aromatic N) is 5. The second-order valence-corrected chi connectivity index (χ2v) is 6.75. The highest BCUT2D eigenvalue weighted by Gasteiger charge is 2.26. The van der Waals surface area contributed by atoms with E-state index in [0.29, 0.717) is 31.0 Å². The topological polar surface area (TPSA) is 113 Å². The second-order valence-electron chi connectivity index (χ2n) is 6.75. The Morgan fingerprint density at radius 3 is 2.50 bits per heavy atom. The van der Waals surface area contributed by atoms with E-state index in [2.05, 4.69) is 10.1 Å². The summed E-state index contributed by atoms with van der Waals surface area (Å²) in [6, 6.07) is 8.14. The van der Waals surface area contributed by atoms with Crippen LogP contribution in [0.2, 0.25) is 0 Å². The molecule has 1 aliphatic rings. The van der Waals surface area contributed by atoms with Crippen molar-refractivity contribution in [3.05, 3.63) is 69.8 Å². The number of carbonyl (C=O) groups excluding carboxylic acids is 1. The van der Waals surface area contributed by atoms with Crippen LogP contribution in [-0.4, -0.2) is 51.3 Å². The van der Waals surface area contributed by atoms with E-state index in [1.807, 2.05) is 12.1 Å². The molecule has 3 aromatic rings. The molecule has 0 saturated heterocycles. The summed E-state index contributed by atoms with van der Waals surface area (Å²) in [4.78, 5) is 29.6. The molecule has 0 fully saturated rings. The van der Waals surface area contributed by atoms with E-state index < -0.39 is 4.92 Å². The van der Waals surface area contributed by atoms with Crippen molar-refractivity contribution in [2.24, 2.45) is 0 Å². The first kappa shape index (κ1) is 19.4. The lowest BCUT2D eigenvalue weighted by atomic mass is 9.98. The maximum Gasteiger partial charge on any atom is 0.295 e. The summed E-state index contributed by atoms with van der Waals surface area (Å²) in [7, 11) is 3.14. The van der Waals surface area contributed by atoms with Crippen LogP contribution in [0, 0.1) is 10.1 Å². The highest BCUT2D eigenvalue weighted by Crippen LogP contribution is 2.34. The number of fused-ring (bicyclic) bond motifs is 1. The molecule has 0 bridgehead atoms. The highest BCUT2D eigenvalue weighted by atomic mass is 16.6. The molecule has 2 heterocycles. The van der Waals surface area contributed by atoms with Crippen molar-refractivity contribution in [3.8, 4) is 17.2 Å². The van der Waals surface area contributed by atoms with Gasteiger partial charge in [-0.15, -0.1) is 0 Å². The fourth-order valence-corrected chi connectivity index (χ4v) is 3.57. The van der Waals surface area contributed by atoms with E-state index in [4.69, 9.17) is 9.47 Å². The summed E-state index contributed by atoms with van der Waals surface area (Å²) in [6.07, 6.45) is 3.31. The van der Waals surface area contributed by atoms with Crippen LogP contribution in [0.1, 0.15) is 21.5 Å². The summed E-state index contributed by atoms with van der Waals surface area (Å²) in [5.74, 6) is 0.970. The first-order valence-electron chi connectivity index (χ1n) is 9.18. The molecule has 0 unspecified atom stereocenters. The van der Waals surface area contributed by atoms with Gasteiger partial charge < -0.3 is 14.4 Å². The maximum atomic E-state index is 13.1. The van der Waals surface area contributed by atoms with Crippen molar-refractivity contribution in [2.75, 3.05) is 20.8 Å². The number of amides is 1. The van der Waals surface area contributed by atoms with E-state index in [1.54, 1.807) is 25.2 Å². The lowest BCUT2D eigenvalue weighted by molar-refractivity contribution is -0.384. The molecule has 154 valence electrons. The third kappa shape index (κ3) is 3.43. The number of rotatable bonds is 5. The number of carbonyl (C=O) groups is 1. The second kappa shape index (κ2) is 7.82. The fraction of sp³-hybridized carbons (Fsp3) is 0.250. The Morgan fingerprint density at radius 2 is 1.87 bits per heavy atom. The molecule has 10 nitrogen and oxygen atoms in total. The Kier molecular flexibility index (Phi) is 5.05. The molecule has 0 radical (unpaired) electrons. The van der Waals surface area contributed by atoms with Gasteiger partial charge in [0.2, 0.25) is 0 Å². The summed E-state index contributed by atoms with van der Waals surface area (Å²) in [6.45, 7) is 0.882. The summed E-state index contributed by atoms with van der Waals surface area (Å²) in [5.41, 5.74) is 2.32. The molecule has 1 aromatic heterocycles. The molecule has 4 rings (SSSR count). The number of benzene rings is 2. The van der Waals surface area contributed by atoms with Crippen LogP contribution in [0.5, 0.6) is 11.5 Å². The van der Waals surface area contributed by atoms with Crippen LogP contribution in [-0.2, 0) is 13.0 Å². The largest absolute Gasteiger partial charge is 0.493 e. The van der Waals surface area contributed by atoms with Gasteiger partial charge in [-0.2, -0.15) is 5.10 Å². The molecule has 30 heavy (non-hydrogen) atoms. The third-order valence-corrected chi connectivity index (χ3v) is 5.09. The average Bonchev–Trinajstić information content (AvgIpc) is 3.31. The third-order valence-electron chi connectivity index (χ3n) is 5.09. The van der Waals surface area contributed by atoms with E-state index in [1.165, 1.54) is 29.5 Å². The number of nitro groups is 1. The van der Waals surface area contributed by atoms with Crippen molar-refractivity contribution < 1.29 is 19.2 Å². The molecular formula is C20H19N5O5. The van der Waals surface area contributed by atoms with Crippen molar-refractivity contribution in [1.82, 2.24) is 19.7 Å². The average molecular weight is 409 g/mol. The number of hydrogen-bond acceptors (Lipinski definition) is 7. The summed E-state index contributed by atoms with van der Waals surface area (Å²) < 4.78 is 12.0. The quantitative estimate of drug-likeness (QED) is 0.470. The number of hydrogen-bond donors (Lipinski definition) is 0. The predicted octanol–water partition coefficient (Wildman–Crippen LogP) is 2.39. The van der Waals surface area contributed by atoms with Crippen LogP contribution in [0.25, 0.3) is 5.69 Å². The molecule has 1 aliphatic heterocycles. The monoisotopic (exact) mass is 409 g/mol. The van der Waals surface area contributed by atoms with Crippen LogP contribution in [0.15, 0.2) is 43.0 Å². The number of methoxy groups -OCH3 is 2. The molecule has 0 saturated carbocycles. The first-order chi connectivity index (χ1) is 14.5. The molecule has 0 atom stereocenters. The molecule has 0 spiro atoms. The van der Waals surface area contributed by atoms with E-state index in [9.17, 15) is 14.9 Å². The van der Waals surface area contributed by atoms with Crippen molar-refractivity contribution in [1.29, 1.82) is 0 Å². The SMILES string of the molecule is COc1cc2c(cc1OC)CN(C(=O)c1ccc(-n3cncn3)c([N+](=O)[O-])c1)CC2. The highest BCUT2D eigenvalue weighted by molar-refractivity contribution is 5.95. The van der Waals surface area contributed by atoms with Gasteiger partial charge in [-0.3, -0.25) is 14.9 Å². The predicted molar refractivity (Wildman–Crippen MR) is 106 cm³/mol. The van der Waals surface area contributed by atoms with E-state index >= 15 is 0 Å². The Labute approximate surface area is 171 Å².